The first kappa shape index (κ1) is 7.68. The number of hydrogen-bond donors (Lipinski definition) is 1. The van der Waals surface area contributed by atoms with E-state index in [4.69, 9.17) is 5.73 Å². The van der Waals surface area contributed by atoms with Crippen LogP contribution in [0.2, 0.25) is 0 Å². The third-order valence-electron chi connectivity index (χ3n) is 2.84. The first-order valence-electron chi connectivity index (χ1n) is 4.12. The highest BCUT2D eigenvalue weighted by Crippen LogP contribution is 2.59. The largest absolute Gasteiger partial charge is 0.320 e. The molecule has 1 unspecified atom stereocenters. The van der Waals surface area contributed by atoms with Gasteiger partial charge in [0.15, 0.2) is 0 Å². The van der Waals surface area contributed by atoms with E-state index in [1.54, 1.807) is 12.5 Å². The zero-order valence-electron chi connectivity index (χ0n) is 7.41. The van der Waals surface area contributed by atoms with Crippen LogP contribution >= 0.6 is 0 Å². The standard InChI is InChI=1S/C9H13N3/c1-8(2)5-9(8,10)7-3-4-11-6-12-7/h3-4,6H,5,10H2,1-2H3. The molecule has 1 aliphatic rings. The fourth-order valence-electron chi connectivity index (χ4n) is 1.64. The van der Waals surface area contributed by atoms with Gasteiger partial charge in [0.25, 0.3) is 0 Å². The lowest BCUT2D eigenvalue weighted by Crippen LogP contribution is -2.26. The van der Waals surface area contributed by atoms with E-state index in [1.807, 2.05) is 6.07 Å². The van der Waals surface area contributed by atoms with Crippen LogP contribution in [0.5, 0.6) is 0 Å². The van der Waals surface area contributed by atoms with Crippen molar-refractivity contribution < 1.29 is 0 Å². The topological polar surface area (TPSA) is 51.8 Å². The molecule has 3 heteroatoms. The molecule has 0 spiro atoms. The summed E-state index contributed by atoms with van der Waals surface area (Å²) >= 11 is 0. The van der Waals surface area contributed by atoms with Gasteiger partial charge in [-0.2, -0.15) is 0 Å². The molecule has 2 N–H and O–H groups in total. The van der Waals surface area contributed by atoms with E-state index in [0.717, 1.165) is 12.1 Å². The summed E-state index contributed by atoms with van der Waals surface area (Å²) in [6.45, 7) is 4.32. The SMILES string of the molecule is CC1(C)CC1(N)c1ccncn1. The Balaban J connectivity index is 2.35. The Morgan fingerprint density at radius 2 is 2.17 bits per heavy atom. The lowest BCUT2D eigenvalue weighted by Gasteiger charge is -2.13. The number of rotatable bonds is 1. The molecule has 0 saturated heterocycles. The zero-order chi connectivity index (χ0) is 8.82. The maximum atomic E-state index is 6.16. The summed E-state index contributed by atoms with van der Waals surface area (Å²) < 4.78 is 0. The van der Waals surface area contributed by atoms with Crippen LogP contribution in [-0.2, 0) is 5.54 Å². The van der Waals surface area contributed by atoms with E-state index in [9.17, 15) is 0 Å². The minimum Gasteiger partial charge on any atom is -0.320 e. The van der Waals surface area contributed by atoms with Gasteiger partial charge in [0.05, 0.1) is 11.2 Å². The van der Waals surface area contributed by atoms with Gasteiger partial charge in [0.1, 0.15) is 6.33 Å². The smallest absolute Gasteiger partial charge is 0.115 e. The average molecular weight is 163 g/mol. The van der Waals surface area contributed by atoms with E-state index >= 15 is 0 Å². The second-order valence-electron chi connectivity index (χ2n) is 4.13. The molecule has 3 nitrogen and oxygen atoms in total. The highest BCUT2D eigenvalue weighted by Gasteiger charge is 2.60. The summed E-state index contributed by atoms with van der Waals surface area (Å²) in [5.41, 5.74) is 7.10. The van der Waals surface area contributed by atoms with Gasteiger partial charge in [-0.05, 0) is 17.9 Å². The molecular formula is C9H13N3. The van der Waals surface area contributed by atoms with Crippen LogP contribution in [0.1, 0.15) is 26.0 Å². The summed E-state index contributed by atoms with van der Waals surface area (Å²) in [6.07, 6.45) is 4.31. The molecule has 1 aromatic heterocycles. The molecular weight excluding hydrogens is 150 g/mol. The van der Waals surface area contributed by atoms with Gasteiger partial charge >= 0.3 is 0 Å². The Bertz CT molecular complexity index is 294. The summed E-state index contributed by atoms with van der Waals surface area (Å²) in [5, 5.41) is 0. The van der Waals surface area contributed by atoms with Crippen molar-refractivity contribution >= 4 is 0 Å². The van der Waals surface area contributed by atoms with Crippen molar-refractivity contribution in [3.8, 4) is 0 Å². The van der Waals surface area contributed by atoms with Crippen LogP contribution in [0.4, 0.5) is 0 Å². The van der Waals surface area contributed by atoms with Crippen molar-refractivity contribution in [3.63, 3.8) is 0 Å². The first-order chi connectivity index (χ1) is 5.56. The van der Waals surface area contributed by atoms with Crippen molar-refractivity contribution in [2.45, 2.75) is 25.8 Å². The first-order valence-corrected chi connectivity index (χ1v) is 4.12. The van der Waals surface area contributed by atoms with Gasteiger partial charge in [-0.15, -0.1) is 0 Å². The molecule has 1 aliphatic carbocycles. The number of aromatic nitrogens is 2. The summed E-state index contributed by atoms with van der Waals surface area (Å²) in [4.78, 5) is 8.04. The highest BCUT2D eigenvalue weighted by atomic mass is 15.0. The molecule has 1 aromatic rings. The van der Waals surface area contributed by atoms with Crippen LogP contribution in [0.15, 0.2) is 18.6 Å². The molecule has 0 aromatic carbocycles. The summed E-state index contributed by atoms with van der Waals surface area (Å²) in [5.74, 6) is 0. The minimum atomic E-state index is -0.212. The zero-order valence-corrected chi connectivity index (χ0v) is 7.41. The van der Waals surface area contributed by atoms with E-state index in [-0.39, 0.29) is 11.0 Å². The van der Waals surface area contributed by atoms with Gasteiger partial charge in [-0.25, -0.2) is 9.97 Å². The minimum absolute atomic E-state index is 0.196. The third kappa shape index (κ3) is 0.862. The van der Waals surface area contributed by atoms with Crippen LogP contribution in [0.25, 0.3) is 0 Å². The Kier molecular flexibility index (Phi) is 1.31. The molecule has 1 saturated carbocycles. The number of nitrogens with zero attached hydrogens (tertiary/aromatic N) is 2. The van der Waals surface area contributed by atoms with E-state index in [1.165, 1.54) is 0 Å². The third-order valence-corrected chi connectivity index (χ3v) is 2.84. The monoisotopic (exact) mass is 163 g/mol. The van der Waals surface area contributed by atoms with Crippen LogP contribution < -0.4 is 5.73 Å². The van der Waals surface area contributed by atoms with Crippen LogP contribution in [0.3, 0.4) is 0 Å². The normalized spacial score (nSPS) is 31.6. The Morgan fingerprint density at radius 3 is 2.58 bits per heavy atom. The van der Waals surface area contributed by atoms with Gasteiger partial charge in [-0.3, -0.25) is 0 Å². The fourth-order valence-corrected chi connectivity index (χ4v) is 1.64. The Morgan fingerprint density at radius 1 is 1.50 bits per heavy atom. The molecule has 1 heterocycles. The van der Waals surface area contributed by atoms with Crippen molar-refractivity contribution in [1.29, 1.82) is 0 Å². The maximum absolute atomic E-state index is 6.16. The van der Waals surface area contributed by atoms with Crippen molar-refractivity contribution in [2.75, 3.05) is 0 Å². The van der Waals surface area contributed by atoms with E-state index in [2.05, 4.69) is 23.8 Å². The average Bonchev–Trinajstić information content (AvgIpc) is 2.55. The molecule has 2 rings (SSSR count). The molecule has 1 atom stereocenters. The number of nitrogens with two attached hydrogens (primary N) is 1. The molecule has 0 aliphatic heterocycles. The molecule has 0 radical (unpaired) electrons. The molecule has 0 bridgehead atoms. The predicted octanol–water partition coefficient (Wildman–Crippen LogP) is 1.06. The Labute approximate surface area is 72.0 Å². The molecule has 64 valence electrons. The predicted molar refractivity (Wildman–Crippen MR) is 46.3 cm³/mol. The highest BCUT2D eigenvalue weighted by molar-refractivity contribution is 5.28. The fraction of sp³-hybridized carbons (Fsp3) is 0.556. The molecule has 12 heavy (non-hydrogen) atoms. The van der Waals surface area contributed by atoms with Crippen molar-refractivity contribution in [3.05, 3.63) is 24.3 Å². The van der Waals surface area contributed by atoms with E-state index in [0.29, 0.717) is 0 Å². The molecule has 0 amide bonds. The van der Waals surface area contributed by atoms with Gasteiger partial charge in [0.2, 0.25) is 0 Å². The van der Waals surface area contributed by atoms with Crippen LogP contribution in [0, 0.1) is 5.41 Å². The lowest BCUT2D eigenvalue weighted by molar-refractivity contribution is 0.499. The van der Waals surface area contributed by atoms with Gasteiger partial charge < -0.3 is 5.73 Å². The Hall–Kier alpha value is -0.960. The summed E-state index contributed by atoms with van der Waals surface area (Å²) in [6, 6.07) is 1.90. The van der Waals surface area contributed by atoms with Crippen molar-refractivity contribution in [2.24, 2.45) is 11.1 Å². The number of hydrogen-bond acceptors (Lipinski definition) is 3. The van der Waals surface area contributed by atoms with Gasteiger partial charge in [0, 0.05) is 6.20 Å². The quantitative estimate of drug-likeness (QED) is 0.673. The van der Waals surface area contributed by atoms with Gasteiger partial charge in [-0.1, -0.05) is 13.8 Å². The molecule has 1 fully saturated rings. The lowest BCUT2D eigenvalue weighted by atomic mass is 10.0. The second kappa shape index (κ2) is 2.04. The maximum Gasteiger partial charge on any atom is 0.115 e. The van der Waals surface area contributed by atoms with E-state index < -0.39 is 0 Å². The van der Waals surface area contributed by atoms with Crippen molar-refractivity contribution in [1.82, 2.24) is 9.97 Å². The van der Waals surface area contributed by atoms with Crippen LogP contribution in [-0.4, -0.2) is 9.97 Å². The summed E-state index contributed by atoms with van der Waals surface area (Å²) in [7, 11) is 0. The second-order valence-corrected chi connectivity index (χ2v) is 4.13.